The molecule has 1 amide bonds. The van der Waals surface area contributed by atoms with Crippen LogP contribution in [0.15, 0.2) is 41.3 Å². The number of carbonyl (C=O) groups excluding carboxylic acids is 1. The summed E-state index contributed by atoms with van der Waals surface area (Å²) in [5.74, 6) is 0.402. The Morgan fingerprint density at radius 1 is 1.28 bits per heavy atom. The third-order valence-corrected chi connectivity index (χ3v) is 2.60. The van der Waals surface area contributed by atoms with E-state index in [4.69, 9.17) is 11.6 Å². The van der Waals surface area contributed by atoms with E-state index in [0.717, 1.165) is 5.56 Å². The van der Waals surface area contributed by atoms with Gasteiger partial charge in [0.1, 0.15) is 5.82 Å². The topological polar surface area (TPSA) is 74.8 Å². The molecule has 0 spiro atoms. The Kier molecular flexibility index (Phi) is 3.74. The van der Waals surface area contributed by atoms with Crippen LogP contribution in [0.2, 0.25) is 0 Å². The standard InChI is InChI=1S/C12H10ClN3O2/c13-7-8-1-3-9(4-2-8)11(17)15-10-5-6-14-12(18)16-10/h1-6H,7H2,(H2,14,15,16,17,18). The lowest BCUT2D eigenvalue weighted by Crippen LogP contribution is -2.17. The van der Waals surface area contributed by atoms with E-state index in [1.807, 2.05) is 0 Å². The minimum atomic E-state index is -0.509. The van der Waals surface area contributed by atoms with Crippen LogP contribution in [0.3, 0.4) is 0 Å². The fourth-order valence-corrected chi connectivity index (χ4v) is 1.56. The van der Waals surface area contributed by atoms with Crippen LogP contribution >= 0.6 is 11.6 Å². The minimum absolute atomic E-state index is 0.307. The van der Waals surface area contributed by atoms with E-state index in [0.29, 0.717) is 17.3 Å². The predicted octanol–water partition coefficient (Wildman–Crippen LogP) is 1.76. The average Bonchev–Trinajstić information content (AvgIpc) is 2.39. The number of aromatic amines is 1. The SMILES string of the molecule is O=C(Nc1ccnc(=O)[nH]1)c1ccc(CCl)cc1. The number of hydrogen-bond donors (Lipinski definition) is 2. The number of amides is 1. The first-order valence-corrected chi connectivity index (χ1v) is 5.74. The predicted molar refractivity (Wildman–Crippen MR) is 68.8 cm³/mol. The number of hydrogen-bond acceptors (Lipinski definition) is 3. The van der Waals surface area contributed by atoms with Gasteiger partial charge in [0.15, 0.2) is 0 Å². The first kappa shape index (κ1) is 12.3. The number of alkyl halides is 1. The molecule has 1 aromatic carbocycles. The number of rotatable bonds is 3. The van der Waals surface area contributed by atoms with E-state index in [-0.39, 0.29) is 5.91 Å². The molecule has 0 fully saturated rings. The van der Waals surface area contributed by atoms with Gasteiger partial charge in [-0.1, -0.05) is 12.1 Å². The van der Waals surface area contributed by atoms with E-state index in [9.17, 15) is 9.59 Å². The summed E-state index contributed by atoms with van der Waals surface area (Å²) in [5, 5.41) is 2.57. The van der Waals surface area contributed by atoms with Crippen molar-refractivity contribution < 1.29 is 4.79 Å². The zero-order valence-electron chi connectivity index (χ0n) is 9.31. The van der Waals surface area contributed by atoms with Crippen LogP contribution in [0.5, 0.6) is 0 Å². The second-order valence-corrected chi connectivity index (χ2v) is 3.84. The number of anilines is 1. The first-order valence-electron chi connectivity index (χ1n) is 5.20. The lowest BCUT2D eigenvalue weighted by molar-refractivity contribution is 0.102. The van der Waals surface area contributed by atoms with Crippen LogP contribution in [-0.2, 0) is 5.88 Å². The molecule has 0 saturated heterocycles. The number of H-pyrrole nitrogens is 1. The summed E-state index contributed by atoms with van der Waals surface area (Å²) in [5.41, 5.74) is 0.914. The van der Waals surface area contributed by atoms with E-state index in [2.05, 4.69) is 15.3 Å². The van der Waals surface area contributed by atoms with Gasteiger partial charge in [0.2, 0.25) is 0 Å². The summed E-state index contributed by atoms with van der Waals surface area (Å²) in [7, 11) is 0. The Morgan fingerprint density at radius 3 is 2.61 bits per heavy atom. The number of halogens is 1. The summed E-state index contributed by atoms with van der Waals surface area (Å²) in [6.45, 7) is 0. The molecule has 2 aromatic rings. The Bertz CT molecular complexity index is 607. The van der Waals surface area contributed by atoms with Crippen LogP contribution in [0, 0.1) is 0 Å². The van der Waals surface area contributed by atoms with Gasteiger partial charge in [-0.3, -0.25) is 9.78 Å². The highest BCUT2D eigenvalue weighted by Crippen LogP contribution is 2.08. The van der Waals surface area contributed by atoms with E-state index in [1.165, 1.54) is 12.3 Å². The Balaban J connectivity index is 2.14. The maximum absolute atomic E-state index is 11.8. The van der Waals surface area contributed by atoms with Gasteiger partial charge in [-0.2, -0.15) is 0 Å². The number of nitrogens with zero attached hydrogens (tertiary/aromatic N) is 1. The van der Waals surface area contributed by atoms with Crippen molar-refractivity contribution in [1.29, 1.82) is 0 Å². The maximum atomic E-state index is 11.8. The van der Waals surface area contributed by atoms with Gasteiger partial charge in [0.05, 0.1) is 0 Å². The fourth-order valence-electron chi connectivity index (χ4n) is 1.38. The molecule has 0 aliphatic carbocycles. The van der Waals surface area contributed by atoms with Crippen molar-refractivity contribution in [2.75, 3.05) is 5.32 Å². The molecule has 1 aromatic heterocycles. The van der Waals surface area contributed by atoms with Gasteiger partial charge in [-0.25, -0.2) is 9.78 Å². The quantitative estimate of drug-likeness (QED) is 0.829. The summed E-state index contributed by atoms with van der Waals surface area (Å²) in [6, 6.07) is 8.40. The van der Waals surface area contributed by atoms with Crippen molar-refractivity contribution in [1.82, 2.24) is 9.97 Å². The van der Waals surface area contributed by atoms with Gasteiger partial charge in [0.25, 0.3) is 5.91 Å². The molecule has 0 unspecified atom stereocenters. The van der Waals surface area contributed by atoms with Crippen molar-refractivity contribution in [2.24, 2.45) is 0 Å². The zero-order chi connectivity index (χ0) is 13.0. The number of aromatic nitrogens is 2. The largest absolute Gasteiger partial charge is 0.346 e. The molecule has 0 aliphatic rings. The van der Waals surface area contributed by atoms with Crippen LogP contribution in [0.25, 0.3) is 0 Å². The van der Waals surface area contributed by atoms with Crippen molar-refractivity contribution in [3.8, 4) is 0 Å². The zero-order valence-corrected chi connectivity index (χ0v) is 10.1. The highest BCUT2D eigenvalue weighted by atomic mass is 35.5. The lowest BCUT2D eigenvalue weighted by Gasteiger charge is -2.04. The number of nitrogens with one attached hydrogen (secondary N) is 2. The van der Waals surface area contributed by atoms with Crippen LogP contribution in [-0.4, -0.2) is 15.9 Å². The number of carbonyl (C=O) groups is 1. The third kappa shape index (κ3) is 2.95. The molecule has 5 nitrogen and oxygen atoms in total. The molecule has 18 heavy (non-hydrogen) atoms. The summed E-state index contributed by atoms with van der Waals surface area (Å²) < 4.78 is 0. The molecule has 2 rings (SSSR count). The highest BCUT2D eigenvalue weighted by molar-refractivity contribution is 6.17. The van der Waals surface area contributed by atoms with E-state index in [1.54, 1.807) is 24.3 Å². The molecular formula is C12H10ClN3O2. The smallest absolute Gasteiger partial charge is 0.308 e. The monoisotopic (exact) mass is 263 g/mol. The van der Waals surface area contributed by atoms with Gasteiger partial charge in [-0.15, -0.1) is 11.6 Å². The van der Waals surface area contributed by atoms with Gasteiger partial charge < -0.3 is 5.32 Å². The van der Waals surface area contributed by atoms with Gasteiger partial charge in [0, 0.05) is 17.6 Å². The van der Waals surface area contributed by atoms with Gasteiger partial charge in [-0.05, 0) is 23.8 Å². The minimum Gasteiger partial charge on any atom is -0.308 e. The number of benzene rings is 1. The second-order valence-electron chi connectivity index (χ2n) is 3.57. The van der Waals surface area contributed by atoms with E-state index >= 15 is 0 Å². The second kappa shape index (κ2) is 5.46. The maximum Gasteiger partial charge on any atom is 0.346 e. The van der Waals surface area contributed by atoms with Crippen LogP contribution < -0.4 is 11.0 Å². The van der Waals surface area contributed by atoms with Gasteiger partial charge >= 0.3 is 5.69 Å². The van der Waals surface area contributed by atoms with Crippen molar-refractivity contribution in [3.05, 3.63) is 58.1 Å². The Hall–Kier alpha value is -2.14. The van der Waals surface area contributed by atoms with E-state index < -0.39 is 5.69 Å². The van der Waals surface area contributed by atoms with Crippen LogP contribution in [0.4, 0.5) is 5.82 Å². The third-order valence-electron chi connectivity index (χ3n) is 2.29. The Morgan fingerprint density at radius 2 is 2.00 bits per heavy atom. The molecule has 0 saturated carbocycles. The van der Waals surface area contributed by atoms with Crippen molar-refractivity contribution in [2.45, 2.75) is 5.88 Å². The fraction of sp³-hybridized carbons (Fsp3) is 0.0833. The van der Waals surface area contributed by atoms with Crippen molar-refractivity contribution >= 4 is 23.3 Å². The van der Waals surface area contributed by atoms with Crippen molar-refractivity contribution in [3.63, 3.8) is 0 Å². The molecule has 0 aliphatic heterocycles. The van der Waals surface area contributed by atoms with Crippen LogP contribution in [0.1, 0.15) is 15.9 Å². The highest BCUT2D eigenvalue weighted by Gasteiger charge is 2.06. The normalized spacial score (nSPS) is 10.1. The first-order chi connectivity index (χ1) is 8.69. The molecule has 6 heteroatoms. The molecular weight excluding hydrogens is 254 g/mol. The molecule has 0 radical (unpaired) electrons. The summed E-state index contributed by atoms with van der Waals surface area (Å²) in [4.78, 5) is 28.7. The summed E-state index contributed by atoms with van der Waals surface area (Å²) in [6.07, 6.45) is 1.32. The Labute approximate surface area is 108 Å². The molecule has 2 N–H and O–H groups in total. The lowest BCUT2D eigenvalue weighted by atomic mass is 10.1. The average molecular weight is 264 g/mol. The summed E-state index contributed by atoms with van der Waals surface area (Å²) >= 11 is 5.66. The molecule has 1 heterocycles. The molecule has 0 atom stereocenters. The molecule has 92 valence electrons. The molecule has 0 bridgehead atoms.